The molecule has 78 valence electrons. The van der Waals surface area contributed by atoms with Gasteiger partial charge in [-0.05, 0) is 19.4 Å². The highest BCUT2D eigenvalue weighted by molar-refractivity contribution is 6.44. The van der Waals surface area contributed by atoms with Gasteiger partial charge in [-0.15, -0.1) is 0 Å². The molecule has 0 aromatic carbocycles. The van der Waals surface area contributed by atoms with Crippen LogP contribution < -0.4 is 0 Å². The summed E-state index contributed by atoms with van der Waals surface area (Å²) in [6.45, 7) is 7.14. The van der Waals surface area contributed by atoms with E-state index in [4.69, 9.17) is 13.6 Å². The van der Waals surface area contributed by atoms with Crippen molar-refractivity contribution in [1.29, 1.82) is 0 Å². The van der Waals surface area contributed by atoms with E-state index in [1.807, 2.05) is 6.92 Å². The van der Waals surface area contributed by atoms with Gasteiger partial charge < -0.3 is 13.6 Å². The second-order valence-corrected chi connectivity index (χ2v) is 5.43. The third-order valence-corrected chi connectivity index (χ3v) is 3.53. The minimum atomic E-state index is -1.36. The molecule has 4 heteroatoms. The fraction of sp³-hybridized carbons (Fsp3) is 0.778. The molecule has 0 N–H and O–H groups in total. The van der Waals surface area contributed by atoms with E-state index in [1.165, 1.54) is 0 Å². The van der Waals surface area contributed by atoms with Gasteiger partial charge in [0.1, 0.15) is 0 Å². The zero-order valence-electron chi connectivity index (χ0n) is 8.84. The standard InChI is InChI=1S/C9H20O3Si/c1-9(2)8-12-6-5-7-13(10-3)11-4/h13H,1,5-8H2,2-4H3. The van der Waals surface area contributed by atoms with E-state index in [9.17, 15) is 0 Å². The summed E-state index contributed by atoms with van der Waals surface area (Å²) >= 11 is 0. The summed E-state index contributed by atoms with van der Waals surface area (Å²) in [5.74, 6) is 0. The van der Waals surface area contributed by atoms with Gasteiger partial charge in [0.25, 0.3) is 0 Å². The van der Waals surface area contributed by atoms with Crippen molar-refractivity contribution in [1.82, 2.24) is 0 Å². The van der Waals surface area contributed by atoms with Crippen molar-refractivity contribution in [2.75, 3.05) is 27.4 Å². The molecule has 13 heavy (non-hydrogen) atoms. The third kappa shape index (κ3) is 8.17. The van der Waals surface area contributed by atoms with Crippen molar-refractivity contribution in [3.63, 3.8) is 0 Å². The zero-order valence-corrected chi connectivity index (χ0v) is 9.99. The normalized spacial score (nSPS) is 10.8. The zero-order chi connectivity index (χ0) is 10.1. The van der Waals surface area contributed by atoms with Crippen LogP contribution in [0.5, 0.6) is 0 Å². The van der Waals surface area contributed by atoms with Crippen molar-refractivity contribution in [2.45, 2.75) is 19.4 Å². The molecule has 0 aromatic heterocycles. The van der Waals surface area contributed by atoms with Gasteiger partial charge in [-0.1, -0.05) is 12.2 Å². The average Bonchev–Trinajstić information content (AvgIpc) is 2.11. The van der Waals surface area contributed by atoms with Crippen molar-refractivity contribution in [3.8, 4) is 0 Å². The molecule has 0 aromatic rings. The van der Waals surface area contributed by atoms with Crippen LogP contribution in [0.2, 0.25) is 6.04 Å². The summed E-state index contributed by atoms with van der Waals surface area (Å²) in [5.41, 5.74) is 1.06. The molecule has 0 unspecified atom stereocenters. The summed E-state index contributed by atoms with van der Waals surface area (Å²) in [4.78, 5) is 0. The fourth-order valence-electron chi connectivity index (χ4n) is 0.930. The Morgan fingerprint density at radius 2 is 1.92 bits per heavy atom. The number of rotatable bonds is 8. The predicted molar refractivity (Wildman–Crippen MR) is 56.2 cm³/mol. The Balaban J connectivity index is 3.19. The van der Waals surface area contributed by atoms with E-state index in [-0.39, 0.29) is 0 Å². The topological polar surface area (TPSA) is 27.7 Å². The molecular weight excluding hydrogens is 184 g/mol. The Hall–Kier alpha value is -0.163. The Bertz CT molecular complexity index is 135. The highest BCUT2D eigenvalue weighted by Crippen LogP contribution is 2.00. The smallest absolute Gasteiger partial charge is 0.320 e. The highest BCUT2D eigenvalue weighted by Gasteiger charge is 2.07. The first-order chi connectivity index (χ1) is 6.20. The van der Waals surface area contributed by atoms with Crippen LogP contribution in [0.4, 0.5) is 0 Å². The van der Waals surface area contributed by atoms with E-state index < -0.39 is 9.28 Å². The molecule has 0 heterocycles. The molecule has 0 rings (SSSR count). The molecule has 3 nitrogen and oxygen atoms in total. The summed E-state index contributed by atoms with van der Waals surface area (Å²) in [6.07, 6.45) is 1.01. The van der Waals surface area contributed by atoms with Crippen molar-refractivity contribution >= 4 is 9.28 Å². The van der Waals surface area contributed by atoms with Crippen molar-refractivity contribution in [2.24, 2.45) is 0 Å². The number of ether oxygens (including phenoxy) is 1. The minimum Gasteiger partial charge on any atom is -0.400 e. The Morgan fingerprint density at radius 1 is 1.31 bits per heavy atom. The van der Waals surface area contributed by atoms with E-state index in [0.29, 0.717) is 6.61 Å². The highest BCUT2D eigenvalue weighted by atomic mass is 28.3. The maximum atomic E-state index is 5.35. The van der Waals surface area contributed by atoms with Gasteiger partial charge in [0.05, 0.1) is 6.61 Å². The molecule has 0 aliphatic rings. The summed E-state index contributed by atoms with van der Waals surface area (Å²) in [5, 5.41) is 0. The molecular formula is C9H20O3Si. The first kappa shape index (κ1) is 12.8. The molecule has 0 aliphatic carbocycles. The lowest BCUT2D eigenvalue weighted by atomic mass is 10.4. The van der Waals surface area contributed by atoms with Gasteiger partial charge in [-0.2, -0.15) is 0 Å². The first-order valence-corrected chi connectivity index (χ1v) is 6.24. The first-order valence-electron chi connectivity index (χ1n) is 4.48. The SMILES string of the molecule is C=C(C)COCCC[SiH](OC)OC. The van der Waals surface area contributed by atoms with Gasteiger partial charge in [0, 0.05) is 20.8 Å². The van der Waals surface area contributed by atoms with Gasteiger partial charge in [-0.3, -0.25) is 0 Å². The van der Waals surface area contributed by atoms with E-state index in [0.717, 1.165) is 24.6 Å². The summed E-state index contributed by atoms with van der Waals surface area (Å²) < 4.78 is 15.7. The van der Waals surface area contributed by atoms with Crippen LogP contribution in [0, 0.1) is 0 Å². The fourth-order valence-corrected chi connectivity index (χ4v) is 2.09. The van der Waals surface area contributed by atoms with Crippen LogP contribution in [-0.4, -0.2) is 36.7 Å². The second-order valence-electron chi connectivity index (χ2n) is 3.05. The van der Waals surface area contributed by atoms with Gasteiger partial charge in [0.15, 0.2) is 0 Å². The molecule has 0 saturated carbocycles. The van der Waals surface area contributed by atoms with Crippen LogP contribution in [0.15, 0.2) is 12.2 Å². The predicted octanol–water partition coefficient (Wildman–Crippen LogP) is 1.48. The van der Waals surface area contributed by atoms with Gasteiger partial charge in [0.2, 0.25) is 0 Å². The molecule has 0 bridgehead atoms. The number of hydrogen-bond acceptors (Lipinski definition) is 3. The average molecular weight is 204 g/mol. The monoisotopic (exact) mass is 204 g/mol. The maximum Gasteiger partial charge on any atom is 0.320 e. The van der Waals surface area contributed by atoms with Crippen molar-refractivity contribution in [3.05, 3.63) is 12.2 Å². The lowest BCUT2D eigenvalue weighted by Crippen LogP contribution is -2.19. The number of hydrogen-bond donors (Lipinski definition) is 0. The quantitative estimate of drug-likeness (QED) is 0.340. The second kappa shape index (κ2) is 8.44. The van der Waals surface area contributed by atoms with E-state index in [2.05, 4.69) is 6.58 Å². The van der Waals surface area contributed by atoms with E-state index >= 15 is 0 Å². The summed E-state index contributed by atoms with van der Waals surface area (Å²) in [6, 6.07) is 1.00. The Kier molecular flexibility index (Phi) is 8.33. The lowest BCUT2D eigenvalue weighted by molar-refractivity contribution is 0.154. The summed E-state index contributed by atoms with van der Waals surface area (Å²) in [7, 11) is 2.05. The molecule has 0 atom stereocenters. The van der Waals surface area contributed by atoms with Crippen LogP contribution in [0.25, 0.3) is 0 Å². The molecule has 0 radical (unpaired) electrons. The van der Waals surface area contributed by atoms with Crippen LogP contribution in [0.1, 0.15) is 13.3 Å². The van der Waals surface area contributed by atoms with Crippen LogP contribution in [0.3, 0.4) is 0 Å². The maximum absolute atomic E-state index is 5.35. The Morgan fingerprint density at radius 3 is 2.38 bits per heavy atom. The molecule has 0 aliphatic heterocycles. The van der Waals surface area contributed by atoms with Gasteiger partial charge in [-0.25, -0.2) is 0 Å². The largest absolute Gasteiger partial charge is 0.400 e. The van der Waals surface area contributed by atoms with Gasteiger partial charge >= 0.3 is 9.28 Å². The lowest BCUT2D eigenvalue weighted by Gasteiger charge is -2.10. The Labute approximate surface area is 82.5 Å². The molecule has 0 amide bonds. The molecule has 0 saturated heterocycles. The third-order valence-electron chi connectivity index (χ3n) is 1.60. The van der Waals surface area contributed by atoms with E-state index in [1.54, 1.807) is 14.2 Å². The molecule has 0 fully saturated rings. The van der Waals surface area contributed by atoms with Crippen LogP contribution >= 0.6 is 0 Å². The minimum absolute atomic E-state index is 0.659. The van der Waals surface area contributed by atoms with Crippen molar-refractivity contribution < 1.29 is 13.6 Å². The molecule has 0 spiro atoms. The van der Waals surface area contributed by atoms with Crippen LogP contribution in [-0.2, 0) is 13.6 Å².